The number of benzene rings is 1. The largest absolute Gasteiger partial charge is 0.446 e. The Hall–Kier alpha value is -1.21. The molecule has 3 nitrogen and oxygen atoms in total. The third-order valence-electron chi connectivity index (χ3n) is 3.34. The summed E-state index contributed by atoms with van der Waals surface area (Å²) >= 11 is -0.168. The minimum Gasteiger partial charge on any atom is -0.325 e. The van der Waals surface area contributed by atoms with Crippen molar-refractivity contribution in [3.63, 3.8) is 0 Å². The fraction of sp³-hybridized carbons (Fsp3) is 0.500. The minimum atomic E-state index is -4.30. The van der Waals surface area contributed by atoms with Crippen molar-refractivity contribution in [2.24, 2.45) is 5.92 Å². The van der Waals surface area contributed by atoms with E-state index in [9.17, 15) is 18.0 Å². The van der Waals surface area contributed by atoms with Gasteiger partial charge in [0.2, 0.25) is 5.91 Å². The molecule has 1 fully saturated rings. The first-order valence-electron chi connectivity index (χ1n) is 6.73. The number of carbonyl (C=O) groups is 1. The molecule has 2 N–H and O–H groups in total. The number of nitrogens with one attached hydrogen (secondary N) is 2. The zero-order valence-corrected chi connectivity index (χ0v) is 12.4. The summed E-state index contributed by atoms with van der Waals surface area (Å²) in [5, 5.41) is 5.88. The fourth-order valence-corrected chi connectivity index (χ4v) is 2.82. The van der Waals surface area contributed by atoms with Crippen LogP contribution in [0.3, 0.4) is 0 Å². The van der Waals surface area contributed by atoms with Crippen LogP contribution in [0.2, 0.25) is 0 Å². The summed E-state index contributed by atoms with van der Waals surface area (Å²) < 4.78 is 36.6. The van der Waals surface area contributed by atoms with E-state index in [1.807, 2.05) is 0 Å². The van der Waals surface area contributed by atoms with Gasteiger partial charge in [0, 0.05) is 10.6 Å². The average molecular weight is 318 g/mol. The Kier molecular flexibility index (Phi) is 5.16. The van der Waals surface area contributed by atoms with Crippen molar-refractivity contribution < 1.29 is 18.0 Å². The fourth-order valence-electron chi connectivity index (χ4n) is 2.28. The smallest absolute Gasteiger partial charge is 0.325 e. The van der Waals surface area contributed by atoms with Gasteiger partial charge in [-0.1, -0.05) is 6.92 Å². The summed E-state index contributed by atoms with van der Waals surface area (Å²) in [5.41, 5.74) is -3.79. The van der Waals surface area contributed by atoms with E-state index in [0.29, 0.717) is 11.6 Å². The van der Waals surface area contributed by atoms with Crippen LogP contribution in [0.4, 0.5) is 18.9 Å². The third kappa shape index (κ3) is 5.24. The monoisotopic (exact) mass is 318 g/mol. The van der Waals surface area contributed by atoms with Gasteiger partial charge < -0.3 is 10.6 Å². The third-order valence-corrected chi connectivity index (χ3v) is 4.08. The van der Waals surface area contributed by atoms with Crippen molar-refractivity contribution in [3.8, 4) is 0 Å². The number of rotatable bonds is 3. The van der Waals surface area contributed by atoms with Gasteiger partial charge in [-0.2, -0.15) is 13.2 Å². The van der Waals surface area contributed by atoms with Crippen LogP contribution in [0.15, 0.2) is 29.2 Å². The molecule has 1 heterocycles. The van der Waals surface area contributed by atoms with Crippen LogP contribution < -0.4 is 10.6 Å². The molecule has 0 bridgehead atoms. The molecule has 21 heavy (non-hydrogen) atoms. The molecule has 0 aromatic heterocycles. The van der Waals surface area contributed by atoms with Crippen molar-refractivity contribution in [2.45, 2.75) is 36.2 Å². The number of hydrogen-bond acceptors (Lipinski definition) is 3. The molecule has 1 amide bonds. The number of anilines is 1. The van der Waals surface area contributed by atoms with Gasteiger partial charge in [-0.05, 0) is 61.3 Å². The van der Waals surface area contributed by atoms with Crippen LogP contribution in [0, 0.1) is 5.92 Å². The van der Waals surface area contributed by atoms with Crippen molar-refractivity contribution in [1.29, 1.82) is 0 Å². The quantitative estimate of drug-likeness (QED) is 0.836. The first-order valence-corrected chi connectivity index (χ1v) is 7.55. The lowest BCUT2D eigenvalue weighted by Gasteiger charge is -2.27. The van der Waals surface area contributed by atoms with E-state index in [1.54, 1.807) is 0 Å². The van der Waals surface area contributed by atoms with Crippen LogP contribution in [-0.2, 0) is 4.79 Å². The summed E-state index contributed by atoms with van der Waals surface area (Å²) in [6.45, 7) is 2.91. The van der Waals surface area contributed by atoms with E-state index in [0.717, 1.165) is 19.4 Å². The Morgan fingerprint density at radius 3 is 2.57 bits per heavy atom. The standard InChI is InChI=1S/C14H17F3N2OS/c1-9-6-7-18-12(8-9)13(20)19-10-2-4-11(5-3-10)21-14(15,16)17/h2-5,9,12,18H,6-8H2,1H3,(H,19,20). The molecule has 1 aromatic carbocycles. The van der Waals surface area contributed by atoms with Gasteiger partial charge >= 0.3 is 5.51 Å². The zero-order valence-electron chi connectivity index (χ0n) is 11.5. The molecule has 2 rings (SSSR count). The lowest BCUT2D eigenvalue weighted by Crippen LogP contribution is -2.45. The number of hydrogen-bond donors (Lipinski definition) is 2. The summed E-state index contributed by atoms with van der Waals surface area (Å²) in [5.74, 6) is 0.352. The number of amides is 1. The number of halogens is 3. The summed E-state index contributed by atoms with van der Waals surface area (Å²) in [6.07, 6.45) is 1.82. The van der Waals surface area contributed by atoms with Crippen LogP contribution in [-0.4, -0.2) is 24.0 Å². The maximum absolute atomic E-state index is 12.2. The van der Waals surface area contributed by atoms with Gasteiger partial charge in [-0.3, -0.25) is 4.79 Å². The molecule has 1 saturated heterocycles. The highest BCUT2D eigenvalue weighted by Crippen LogP contribution is 2.37. The molecule has 0 radical (unpaired) electrons. The van der Waals surface area contributed by atoms with E-state index >= 15 is 0 Å². The molecule has 1 aliphatic rings. The van der Waals surface area contributed by atoms with E-state index in [1.165, 1.54) is 24.3 Å². The normalized spacial score (nSPS) is 22.9. The molecule has 2 unspecified atom stereocenters. The molecule has 2 atom stereocenters. The molecule has 1 aliphatic heterocycles. The van der Waals surface area contributed by atoms with Crippen molar-refractivity contribution in [1.82, 2.24) is 5.32 Å². The maximum Gasteiger partial charge on any atom is 0.446 e. The lowest BCUT2D eigenvalue weighted by molar-refractivity contribution is -0.119. The summed E-state index contributed by atoms with van der Waals surface area (Å²) in [7, 11) is 0. The second kappa shape index (κ2) is 6.70. The Labute approximate surface area is 125 Å². The molecular formula is C14H17F3N2OS. The first kappa shape index (κ1) is 16.2. The first-order chi connectivity index (χ1) is 9.83. The van der Waals surface area contributed by atoms with E-state index in [4.69, 9.17) is 0 Å². The number of piperidine rings is 1. The van der Waals surface area contributed by atoms with E-state index in [2.05, 4.69) is 17.6 Å². The van der Waals surface area contributed by atoms with Gasteiger partial charge in [0.1, 0.15) is 0 Å². The lowest BCUT2D eigenvalue weighted by atomic mass is 9.94. The van der Waals surface area contributed by atoms with Crippen LogP contribution in [0.5, 0.6) is 0 Å². The molecular weight excluding hydrogens is 301 g/mol. The van der Waals surface area contributed by atoms with Crippen LogP contribution >= 0.6 is 11.8 Å². The van der Waals surface area contributed by atoms with E-state index in [-0.39, 0.29) is 28.6 Å². The molecule has 7 heteroatoms. The summed E-state index contributed by atoms with van der Waals surface area (Å²) in [6, 6.07) is 5.43. The highest BCUT2D eigenvalue weighted by molar-refractivity contribution is 8.00. The molecule has 0 saturated carbocycles. The Bertz CT molecular complexity index is 490. The number of carbonyl (C=O) groups excluding carboxylic acids is 1. The highest BCUT2D eigenvalue weighted by atomic mass is 32.2. The molecule has 0 spiro atoms. The Morgan fingerprint density at radius 2 is 2.00 bits per heavy atom. The molecule has 0 aliphatic carbocycles. The maximum atomic E-state index is 12.2. The van der Waals surface area contributed by atoms with Gasteiger partial charge in [0.15, 0.2) is 0 Å². The van der Waals surface area contributed by atoms with Crippen molar-refractivity contribution in [3.05, 3.63) is 24.3 Å². The molecule has 1 aromatic rings. The van der Waals surface area contributed by atoms with Crippen LogP contribution in [0.1, 0.15) is 19.8 Å². The predicted molar refractivity (Wildman–Crippen MR) is 77.2 cm³/mol. The molecule has 116 valence electrons. The minimum absolute atomic E-state index is 0.102. The average Bonchev–Trinajstić information content (AvgIpc) is 2.39. The zero-order chi connectivity index (χ0) is 15.5. The second-order valence-electron chi connectivity index (χ2n) is 5.20. The van der Waals surface area contributed by atoms with E-state index < -0.39 is 5.51 Å². The SMILES string of the molecule is CC1CCNC(C(=O)Nc2ccc(SC(F)(F)F)cc2)C1. The topological polar surface area (TPSA) is 41.1 Å². The number of thioether (sulfide) groups is 1. The predicted octanol–water partition coefficient (Wildman–Crippen LogP) is 3.63. The Morgan fingerprint density at radius 1 is 1.33 bits per heavy atom. The van der Waals surface area contributed by atoms with Gasteiger partial charge in [-0.25, -0.2) is 0 Å². The highest BCUT2D eigenvalue weighted by Gasteiger charge is 2.29. The second-order valence-corrected chi connectivity index (χ2v) is 6.34. The van der Waals surface area contributed by atoms with Crippen molar-refractivity contribution >= 4 is 23.4 Å². The number of alkyl halides is 3. The van der Waals surface area contributed by atoms with Gasteiger partial charge in [0.25, 0.3) is 0 Å². The van der Waals surface area contributed by atoms with Crippen molar-refractivity contribution in [2.75, 3.05) is 11.9 Å². The van der Waals surface area contributed by atoms with Gasteiger partial charge in [0.05, 0.1) is 6.04 Å². The van der Waals surface area contributed by atoms with Gasteiger partial charge in [-0.15, -0.1) is 0 Å². The Balaban J connectivity index is 1.92. The summed E-state index contributed by atoms with van der Waals surface area (Å²) in [4.78, 5) is 12.2. The van der Waals surface area contributed by atoms with Crippen LogP contribution in [0.25, 0.3) is 0 Å².